The quantitative estimate of drug-likeness (QED) is 0.589. The van der Waals surface area contributed by atoms with Crippen molar-refractivity contribution in [3.8, 4) is 0 Å². The number of carbonyl (C=O) groups is 1. The topological polar surface area (TPSA) is 75.5 Å². The van der Waals surface area contributed by atoms with E-state index in [2.05, 4.69) is 11.4 Å². The van der Waals surface area contributed by atoms with Crippen molar-refractivity contribution < 1.29 is 9.72 Å². The lowest BCUT2D eigenvalue weighted by molar-refractivity contribution is -0.384. The van der Waals surface area contributed by atoms with Crippen LogP contribution in [0.3, 0.4) is 0 Å². The van der Waals surface area contributed by atoms with E-state index in [1.54, 1.807) is 17.8 Å². The molecule has 6 nitrogen and oxygen atoms in total. The van der Waals surface area contributed by atoms with E-state index in [0.717, 1.165) is 36.5 Å². The largest absolute Gasteiger partial charge is 0.371 e. The lowest BCUT2D eigenvalue weighted by atomic mass is 10.0. The lowest BCUT2D eigenvalue weighted by Crippen LogP contribution is -2.33. The third-order valence-corrected chi connectivity index (χ3v) is 5.93. The van der Waals surface area contributed by atoms with Crippen molar-refractivity contribution in [3.05, 3.63) is 63.7 Å². The van der Waals surface area contributed by atoms with Gasteiger partial charge in [-0.05, 0) is 38.0 Å². The van der Waals surface area contributed by atoms with Crippen LogP contribution in [0.5, 0.6) is 0 Å². The predicted molar refractivity (Wildman–Crippen MR) is 109 cm³/mol. The molecule has 0 aliphatic carbocycles. The lowest BCUT2D eigenvalue weighted by Gasteiger charge is -2.27. The van der Waals surface area contributed by atoms with Crippen LogP contribution in [0, 0.1) is 10.1 Å². The van der Waals surface area contributed by atoms with Crippen LogP contribution in [0.2, 0.25) is 0 Å². The monoisotopic (exact) mass is 385 g/mol. The van der Waals surface area contributed by atoms with E-state index in [4.69, 9.17) is 0 Å². The van der Waals surface area contributed by atoms with Crippen LogP contribution in [0.4, 0.5) is 11.4 Å². The molecule has 1 heterocycles. The summed E-state index contributed by atoms with van der Waals surface area (Å²) in [6, 6.07) is 12.5. The van der Waals surface area contributed by atoms with Gasteiger partial charge in [-0.2, -0.15) is 0 Å². The van der Waals surface area contributed by atoms with Gasteiger partial charge < -0.3 is 10.2 Å². The van der Waals surface area contributed by atoms with Gasteiger partial charge in [0.25, 0.3) is 11.6 Å². The first-order chi connectivity index (χ1) is 13.0. The summed E-state index contributed by atoms with van der Waals surface area (Å²) in [6.45, 7) is 5.44. The van der Waals surface area contributed by atoms with E-state index in [1.165, 1.54) is 17.0 Å². The second kappa shape index (κ2) is 8.43. The molecule has 0 saturated heterocycles. The SMILES string of the molecule is CCN(CC)c1ccc([N+](=O)[O-])cc1C(=O)N[C@H]1CCSc2ccccc21. The fourth-order valence-electron chi connectivity index (χ4n) is 3.39. The van der Waals surface area contributed by atoms with E-state index >= 15 is 0 Å². The summed E-state index contributed by atoms with van der Waals surface area (Å²) < 4.78 is 0. The first-order valence-corrected chi connectivity index (χ1v) is 10.1. The summed E-state index contributed by atoms with van der Waals surface area (Å²) in [5.41, 5.74) is 2.11. The molecule has 1 atom stereocenters. The van der Waals surface area contributed by atoms with Crippen molar-refractivity contribution in [2.45, 2.75) is 31.2 Å². The number of hydrogen-bond donors (Lipinski definition) is 1. The molecule has 27 heavy (non-hydrogen) atoms. The number of nitrogens with one attached hydrogen (secondary N) is 1. The summed E-state index contributed by atoms with van der Waals surface area (Å²) in [5, 5.41) is 14.3. The van der Waals surface area contributed by atoms with Crippen LogP contribution in [0.25, 0.3) is 0 Å². The van der Waals surface area contributed by atoms with Gasteiger partial charge in [-0.25, -0.2) is 0 Å². The Morgan fingerprint density at radius 3 is 2.70 bits per heavy atom. The first-order valence-electron chi connectivity index (χ1n) is 9.11. The predicted octanol–water partition coefficient (Wildman–Crippen LogP) is 4.41. The normalized spacial score (nSPS) is 15.7. The summed E-state index contributed by atoms with van der Waals surface area (Å²) in [4.78, 5) is 27.0. The molecular formula is C20H23N3O3S. The highest BCUT2D eigenvalue weighted by Crippen LogP contribution is 2.36. The zero-order valence-electron chi connectivity index (χ0n) is 15.5. The summed E-state index contributed by atoms with van der Waals surface area (Å²) >= 11 is 1.79. The van der Waals surface area contributed by atoms with Gasteiger partial charge in [0.05, 0.1) is 16.5 Å². The van der Waals surface area contributed by atoms with Crippen LogP contribution >= 0.6 is 11.8 Å². The number of nitro groups is 1. The van der Waals surface area contributed by atoms with Gasteiger partial charge in [-0.3, -0.25) is 14.9 Å². The Morgan fingerprint density at radius 1 is 1.26 bits per heavy atom. The minimum absolute atomic E-state index is 0.0735. The Labute approximate surface area is 163 Å². The van der Waals surface area contributed by atoms with Crippen LogP contribution in [-0.4, -0.2) is 29.7 Å². The number of nitro benzene ring substituents is 1. The Bertz CT molecular complexity index is 852. The number of amides is 1. The summed E-state index contributed by atoms with van der Waals surface area (Å²) in [6.07, 6.45) is 0.836. The smallest absolute Gasteiger partial charge is 0.270 e. The molecule has 1 aliphatic rings. The zero-order chi connectivity index (χ0) is 19.4. The van der Waals surface area contributed by atoms with E-state index in [9.17, 15) is 14.9 Å². The molecular weight excluding hydrogens is 362 g/mol. The summed E-state index contributed by atoms with van der Waals surface area (Å²) in [5.74, 6) is 0.659. The molecule has 1 amide bonds. The van der Waals surface area contributed by atoms with Gasteiger partial charge in [0.15, 0.2) is 0 Å². The van der Waals surface area contributed by atoms with E-state index in [0.29, 0.717) is 5.56 Å². The van der Waals surface area contributed by atoms with Crippen LogP contribution in [0.1, 0.15) is 42.2 Å². The van der Waals surface area contributed by atoms with Gasteiger partial charge in [-0.15, -0.1) is 11.8 Å². The van der Waals surface area contributed by atoms with Crippen LogP contribution in [-0.2, 0) is 0 Å². The Morgan fingerprint density at radius 2 is 2.00 bits per heavy atom. The molecule has 3 rings (SSSR count). The van der Waals surface area contributed by atoms with Crippen molar-refractivity contribution in [3.63, 3.8) is 0 Å². The minimum Gasteiger partial charge on any atom is -0.371 e. The molecule has 2 aromatic carbocycles. The molecule has 7 heteroatoms. The van der Waals surface area contributed by atoms with E-state index < -0.39 is 4.92 Å². The maximum Gasteiger partial charge on any atom is 0.270 e. The number of hydrogen-bond acceptors (Lipinski definition) is 5. The zero-order valence-corrected chi connectivity index (χ0v) is 16.3. The van der Waals surface area contributed by atoms with Crippen molar-refractivity contribution in [1.29, 1.82) is 0 Å². The van der Waals surface area contributed by atoms with Gasteiger partial charge in [0.1, 0.15) is 0 Å². The van der Waals surface area contributed by atoms with Gasteiger partial charge >= 0.3 is 0 Å². The fourth-order valence-corrected chi connectivity index (χ4v) is 4.51. The van der Waals surface area contributed by atoms with Crippen molar-refractivity contribution in [2.75, 3.05) is 23.7 Å². The van der Waals surface area contributed by atoms with Gasteiger partial charge in [-0.1, -0.05) is 18.2 Å². The Hall–Kier alpha value is -2.54. The van der Waals surface area contributed by atoms with Crippen molar-refractivity contribution in [1.82, 2.24) is 5.32 Å². The van der Waals surface area contributed by atoms with E-state index in [1.807, 2.05) is 36.9 Å². The standard InChI is InChI=1S/C20H23N3O3S/c1-3-22(4-2)18-10-9-14(23(25)26)13-16(18)20(24)21-17-11-12-27-19-8-6-5-7-15(17)19/h5-10,13,17H,3-4,11-12H2,1-2H3,(H,21,24)/t17-/m0/s1. The average Bonchev–Trinajstić information content (AvgIpc) is 2.69. The molecule has 0 unspecified atom stereocenters. The highest BCUT2D eigenvalue weighted by atomic mass is 32.2. The number of thioether (sulfide) groups is 1. The number of carbonyl (C=O) groups excluding carboxylic acids is 1. The third kappa shape index (κ3) is 4.08. The second-order valence-electron chi connectivity index (χ2n) is 6.33. The minimum atomic E-state index is -0.463. The second-order valence-corrected chi connectivity index (χ2v) is 7.47. The van der Waals surface area contributed by atoms with Gasteiger partial charge in [0.2, 0.25) is 0 Å². The molecule has 0 spiro atoms. The molecule has 0 radical (unpaired) electrons. The highest BCUT2D eigenvalue weighted by Gasteiger charge is 2.25. The summed E-state index contributed by atoms with van der Waals surface area (Å²) in [7, 11) is 0. The van der Waals surface area contributed by atoms with Gasteiger partial charge in [0, 0.05) is 41.6 Å². The molecule has 0 aromatic heterocycles. The number of nitrogens with zero attached hydrogens (tertiary/aromatic N) is 2. The first kappa shape index (κ1) is 19.2. The molecule has 0 bridgehead atoms. The Balaban J connectivity index is 1.94. The fraction of sp³-hybridized carbons (Fsp3) is 0.350. The molecule has 1 N–H and O–H groups in total. The molecule has 0 saturated carbocycles. The highest BCUT2D eigenvalue weighted by molar-refractivity contribution is 7.99. The third-order valence-electron chi connectivity index (χ3n) is 4.80. The van der Waals surface area contributed by atoms with Crippen molar-refractivity contribution in [2.24, 2.45) is 0 Å². The maximum absolute atomic E-state index is 13.1. The number of benzene rings is 2. The van der Waals surface area contributed by atoms with E-state index in [-0.39, 0.29) is 17.6 Å². The average molecular weight is 385 g/mol. The molecule has 142 valence electrons. The molecule has 2 aromatic rings. The Kier molecular flexibility index (Phi) is 6.01. The van der Waals surface area contributed by atoms with Crippen LogP contribution in [0.15, 0.2) is 47.4 Å². The maximum atomic E-state index is 13.1. The molecule has 0 fully saturated rings. The number of fused-ring (bicyclic) bond motifs is 1. The number of non-ortho nitro benzene ring substituents is 1. The number of rotatable bonds is 6. The molecule has 1 aliphatic heterocycles. The van der Waals surface area contributed by atoms with Crippen LogP contribution < -0.4 is 10.2 Å². The number of anilines is 1. The van der Waals surface area contributed by atoms with Crippen molar-refractivity contribution >= 4 is 29.0 Å².